The van der Waals surface area contributed by atoms with E-state index in [-0.39, 0.29) is 5.75 Å². The van der Waals surface area contributed by atoms with Gasteiger partial charge < -0.3 is 10.1 Å². The highest BCUT2D eigenvalue weighted by molar-refractivity contribution is 7.89. The van der Waals surface area contributed by atoms with Crippen LogP contribution in [0.1, 0.15) is 42.5 Å². The van der Waals surface area contributed by atoms with Gasteiger partial charge in [-0.1, -0.05) is 18.0 Å². The molecule has 2 N–H and O–H groups in total. The van der Waals surface area contributed by atoms with Crippen LogP contribution in [0.4, 0.5) is 10.2 Å². The predicted octanol–water partition coefficient (Wildman–Crippen LogP) is 3.98. The first kappa shape index (κ1) is 21.8. The van der Waals surface area contributed by atoms with E-state index in [1.54, 1.807) is 17.0 Å². The van der Waals surface area contributed by atoms with Gasteiger partial charge in [0.2, 0.25) is 10.0 Å². The molecule has 4 rings (SSSR count). The molecule has 0 unspecified atom stereocenters. The van der Waals surface area contributed by atoms with Gasteiger partial charge in [0.25, 0.3) is 5.91 Å². The Morgan fingerprint density at radius 2 is 2.03 bits per heavy atom. The molecule has 2 aliphatic carbocycles. The third kappa shape index (κ3) is 4.21. The largest absolute Gasteiger partial charge is 0.496 e. The quantitative estimate of drug-likeness (QED) is 0.666. The highest BCUT2D eigenvalue weighted by Gasteiger charge is 2.50. The second-order valence-corrected chi connectivity index (χ2v) is 10.4. The molecule has 2 aliphatic rings. The van der Waals surface area contributed by atoms with Gasteiger partial charge >= 0.3 is 0 Å². The molecule has 1 aromatic carbocycles. The molecular formula is C21H23ClFN3O4S. The van der Waals surface area contributed by atoms with E-state index in [0.29, 0.717) is 33.4 Å². The zero-order valence-electron chi connectivity index (χ0n) is 17.2. The molecule has 7 nitrogen and oxygen atoms in total. The van der Waals surface area contributed by atoms with E-state index in [1.165, 1.54) is 32.8 Å². The summed E-state index contributed by atoms with van der Waals surface area (Å²) in [7, 11) is -2.47. The zero-order valence-corrected chi connectivity index (χ0v) is 18.7. The van der Waals surface area contributed by atoms with E-state index in [2.05, 4.69) is 10.3 Å². The lowest BCUT2D eigenvalue weighted by atomic mass is 9.53. The van der Waals surface area contributed by atoms with Gasteiger partial charge in [-0.25, -0.2) is 22.5 Å². The average molecular weight is 468 g/mol. The summed E-state index contributed by atoms with van der Waals surface area (Å²) in [6, 6.07) is 4.29. The van der Waals surface area contributed by atoms with Crippen LogP contribution in [0.15, 0.2) is 24.4 Å². The fraction of sp³-hybridized carbons (Fsp3) is 0.429. The van der Waals surface area contributed by atoms with Crippen molar-refractivity contribution in [3.63, 3.8) is 0 Å². The van der Waals surface area contributed by atoms with Crippen LogP contribution >= 0.6 is 11.6 Å². The van der Waals surface area contributed by atoms with Crippen molar-refractivity contribution in [2.24, 2.45) is 5.41 Å². The summed E-state index contributed by atoms with van der Waals surface area (Å²) < 4.78 is 44.3. The highest BCUT2D eigenvalue weighted by atomic mass is 35.5. The van der Waals surface area contributed by atoms with Gasteiger partial charge in [0, 0.05) is 23.4 Å². The molecule has 31 heavy (non-hydrogen) atoms. The summed E-state index contributed by atoms with van der Waals surface area (Å²) in [5.74, 6) is -1.20. The molecule has 0 radical (unpaired) electrons. The van der Waals surface area contributed by atoms with Crippen LogP contribution in [0, 0.1) is 11.2 Å². The third-order valence-corrected chi connectivity index (χ3v) is 7.14. The van der Waals surface area contributed by atoms with E-state index in [9.17, 15) is 17.6 Å². The number of rotatable bonds is 6. The van der Waals surface area contributed by atoms with E-state index in [0.717, 1.165) is 24.8 Å². The zero-order chi connectivity index (χ0) is 22.4. The minimum absolute atomic E-state index is 0.186. The van der Waals surface area contributed by atoms with Crippen LogP contribution in [0.2, 0.25) is 5.02 Å². The molecule has 2 fully saturated rings. The van der Waals surface area contributed by atoms with Gasteiger partial charge in [0.15, 0.2) is 0 Å². The van der Waals surface area contributed by atoms with E-state index in [1.807, 2.05) is 0 Å². The molecule has 0 bridgehead atoms. The molecule has 1 heterocycles. The minimum atomic E-state index is -3.84. The fourth-order valence-corrected chi connectivity index (χ4v) is 5.02. The number of amides is 1. The Kier molecular flexibility index (Phi) is 5.59. The normalized spacial score (nSPS) is 19.3. The van der Waals surface area contributed by atoms with Crippen LogP contribution in [0.3, 0.4) is 0 Å². The number of aromatic nitrogens is 1. The van der Waals surface area contributed by atoms with Crippen LogP contribution in [-0.4, -0.2) is 38.7 Å². The SMILES string of the molecule is COc1cc(C(=O)NS(C)(=O)=O)c(F)cc1-c1cnc(N[C@H]2CCC23CCC3)c(Cl)c1. The van der Waals surface area contributed by atoms with Crippen LogP contribution in [0.25, 0.3) is 11.1 Å². The Balaban J connectivity index is 1.60. The number of benzene rings is 1. The Hall–Kier alpha value is -2.39. The van der Waals surface area contributed by atoms with Gasteiger partial charge in [0.05, 0.1) is 24.0 Å². The van der Waals surface area contributed by atoms with Crippen molar-refractivity contribution in [2.75, 3.05) is 18.7 Å². The molecule has 10 heteroatoms. The topological polar surface area (TPSA) is 97.4 Å². The number of sulfonamides is 1. The van der Waals surface area contributed by atoms with Crippen molar-refractivity contribution in [2.45, 2.75) is 38.1 Å². The number of nitrogens with zero attached hydrogens (tertiary/aromatic N) is 1. The number of halogens is 2. The Morgan fingerprint density at radius 1 is 1.29 bits per heavy atom. The molecule has 2 saturated carbocycles. The maximum atomic E-state index is 14.6. The molecule has 1 amide bonds. The predicted molar refractivity (Wildman–Crippen MR) is 116 cm³/mol. The Bertz CT molecular complexity index is 1150. The molecular weight excluding hydrogens is 445 g/mol. The maximum Gasteiger partial charge on any atom is 0.267 e. The number of ether oxygens (including phenoxy) is 1. The van der Waals surface area contributed by atoms with Crippen LogP contribution < -0.4 is 14.8 Å². The first-order valence-electron chi connectivity index (χ1n) is 9.94. The second kappa shape index (κ2) is 7.94. The molecule has 0 aliphatic heterocycles. The van der Waals surface area contributed by atoms with Crippen LogP contribution in [0.5, 0.6) is 5.75 Å². The lowest BCUT2D eigenvalue weighted by Gasteiger charge is -2.56. The molecule has 1 spiro atoms. The van der Waals surface area contributed by atoms with E-state index in [4.69, 9.17) is 16.3 Å². The van der Waals surface area contributed by atoms with Gasteiger partial charge in [-0.15, -0.1) is 0 Å². The summed E-state index contributed by atoms with van der Waals surface area (Å²) >= 11 is 6.46. The number of hydrogen-bond donors (Lipinski definition) is 2. The number of anilines is 1. The van der Waals surface area contributed by atoms with Crippen molar-refractivity contribution in [1.29, 1.82) is 0 Å². The first-order chi connectivity index (χ1) is 14.6. The average Bonchev–Trinajstić information content (AvgIpc) is 2.63. The maximum absolute atomic E-state index is 14.6. The van der Waals surface area contributed by atoms with Gasteiger partial charge in [-0.2, -0.15) is 0 Å². The molecule has 1 aromatic heterocycles. The number of methoxy groups -OCH3 is 1. The number of carbonyl (C=O) groups excluding carboxylic acids is 1. The van der Waals surface area contributed by atoms with E-state index >= 15 is 0 Å². The van der Waals surface area contributed by atoms with E-state index < -0.39 is 27.3 Å². The van der Waals surface area contributed by atoms with Crippen LogP contribution in [-0.2, 0) is 10.0 Å². The Morgan fingerprint density at radius 3 is 2.55 bits per heavy atom. The van der Waals surface area contributed by atoms with Crippen molar-refractivity contribution in [3.8, 4) is 16.9 Å². The smallest absolute Gasteiger partial charge is 0.267 e. The first-order valence-corrected chi connectivity index (χ1v) is 12.2. The van der Waals surface area contributed by atoms with Crippen molar-refractivity contribution in [1.82, 2.24) is 9.71 Å². The summed E-state index contributed by atoms with van der Waals surface area (Å²) in [6.07, 6.45) is 8.43. The standard InChI is InChI=1S/C21H23ClFN3O4S/c1-30-17-10-14(20(27)26-31(2,28)29)16(23)9-13(17)12-8-15(22)19(24-11-12)25-18-4-7-21(18)5-3-6-21/h8-11,18H,3-7H2,1-2H3,(H,24,25)(H,26,27)/t18-/m0/s1. The lowest BCUT2D eigenvalue weighted by molar-refractivity contribution is 0.0128. The van der Waals surface area contributed by atoms with Gasteiger partial charge in [-0.3, -0.25) is 4.79 Å². The third-order valence-electron chi connectivity index (χ3n) is 6.29. The summed E-state index contributed by atoms with van der Waals surface area (Å²) in [5.41, 5.74) is 0.793. The molecule has 0 saturated heterocycles. The summed E-state index contributed by atoms with van der Waals surface area (Å²) in [5, 5.41) is 3.85. The van der Waals surface area contributed by atoms with Crippen molar-refractivity contribution >= 4 is 33.3 Å². The fourth-order valence-electron chi connectivity index (χ4n) is 4.35. The van der Waals surface area contributed by atoms with Crippen molar-refractivity contribution in [3.05, 3.63) is 40.8 Å². The summed E-state index contributed by atoms with van der Waals surface area (Å²) in [4.78, 5) is 16.5. The number of carbonyl (C=O) groups is 1. The minimum Gasteiger partial charge on any atom is -0.496 e. The number of nitrogens with one attached hydrogen (secondary N) is 2. The summed E-state index contributed by atoms with van der Waals surface area (Å²) in [6.45, 7) is 0. The number of pyridine rings is 1. The van der Waals surface area contributed by atoms with Crippen molar-refractivity contribution < 1.29 is 22.3 Å². The molecule has 166 valence electrons. The lowest BCUT2D eigenvalue weighted by Crippen LogP contribution is -2.53. The highest BCUT2D eigenvalue weighted by Crippen LogP contribution is 2.56. The second-order valence-electron chi connectivity index (χ2n) is 8.24. The molecule has 1 atom stereocenters. The number of hydrogen-bond acceptors (Lipinski definition) is 6. The Labute approximate surface area is 185 Å². The van der Waals surface area contributed by atoms with Gasteiger partial charge in [0.1, 0.15) is 17.4 Å². The monoisotopic (exact) mass is 467 g/mol. The molecule has 2 aromatic rings. The van der Waals surface area contributed by atoms with Gasteiger partial charge in [-0.05, 0) is 49.3 Å².